The molecule has 0 spiro atoms. The van der Waals surface area contributed by atoms with Crippen molar-refractivity contribution in [1.82, 2.24) is 0 Å². The summed E-state index contributed by atoms with van der Waals surface area (Å²) in [7, 11) is 1.00. The van der Waals surface area contributed by atoms with Gasteiger partial charge in [-0.25, -0.2) is 0 Å². The maximum atomic E-state index is 7.00. The number of aliphatic hydroxyl groups excluding tert-OH is 1. The Kier molecular flexibility index (Phi) is 8.17. The van der Waals surface area contributed by atoms with E-state index in [0.29, 0.717) is 0 Å². The number of aliphatic hydroxyl groups is 1. The molecule has 14 heavy (non-hydrogen) atoms. The van der Waals surface area contributed by atoms with Crippen molar-refractivity contribution < 1.29 is 5.11 Å². The number of anilines is 2. The molecule has 0 aromatic heterocycles. The second-order valence-electron chi connectivity index (χ2n) is 2.40. The van der Waals surface area contributed by atoms with Crippen LogP contribution in [0.25, 0.3) is 0 Å². The lowest BCUT2D eigenvalue weighted by molar-refractivity contribution is 0.399. The number of thioether (sulfide) groups is 1. The van der Waals surface area contributed by atoms with Crippen LogP contribution in [0.15, 0.2) is 24.3 Å². The molecule has 1 aromatic rings. The van der Waals surface area contributed by atoms with Crippen LogP contribution in [0.2, 0.25) is 0 Å². The summed E-state index contributed by atoms with van der Waals surface area (Å²) < 4.78 is 0. The molecule has 0 atom stereocenters. The Morgan fingerprint density at radius 1 is 1.36 bits per heavy atom. The van der Waals surface area contributed by atoms with Gasteiger partial charge in [-0.1, -0.05) is 19.1 Å². The topological polar surface area (TPSA) is 58.3 Å². The highest BCUT2D eigenvalue weighted by atomic mass is 32.2. The van der Waals surface area contributed by atoms with Crippen molar-refractivity contribution in [3.8, 4) is 0 Å². The molecule has 1 aromatic carbocycles. The van der Waals surface area contributed by atoms with E-state index in [0.717, 1.165) is 30.1 Å². The number of benzene rings is 1. The van der Waals surface area contributed by atoms with Crippen LogP contribution in [0.3, 0.4) is 0 Å². The standard InChI is InChI=1S/C9H14N2S.CH4O/c1-2-12-7-11-9-6-4-3-5-8(9)10;1-2/h3-6,11H,2,7,10H2,1H3;2H,1H3. The Hall–Kier alpha value is -0.870. The molecule has 0 amide bonds. The van der Waals surface area contributed by atoms with Gasteiger partial charge in [-0.15, -0.1) is 11.8 Å². The lowest BCUT2D eigenvalue weighted by Gasteiger charge is -2.07. The Bertz CT molecular complexity index is 243. The molecular weight excluding hydrogens is 196 g/mol. The quantitative estimate of drug-likeness (QED) is 0.407. The van der Waals surface area contributed by atoms with Crippen molar-refractivity contribution in [2.45, 2.75) is 6.92 Å². The first-order valence-electron chi connectivity index (χ1n) is 4.45. The van der Waals surface area contributed by atoms with Crippen molar-refractivity contribution in [3.63, 3.8) is 0 Å². The third kappa shape index (κ3) is 4.99. The second kappa shape index (κ2) is 8.72. The molecule has 0 saturated heterocycles. The second-order valence-corrected chi connectivity index (χ2v) is 3.68. The Morgan fingerprint density at radius 2 is 2.00 bits per heavy atom. The molecule has 3 nitrogen and oxygen atoms in total. The molecule has 4 heteroatoms. The maximum absolute atomic E-state index is 7.00. The van der Waals surface area contributed by atoms with Crippen LogP contribution < -0.4 is 11.1 Å². The minimum absolute atomic E-state index is 0.814. The molecule has 0 fully saturated rings. The summed E-state index contributed by atoms with van der Waals surface area (Å²) in [5, 5.41) is 10.3. The highest BCUT2D eigenvalue weighted by Crippen LogP contribution is 2.17. The monoisotopic (exact) mass is 214 g/mol. The van der Waals surface area contributed by atoms with Gasteiger partial charge < -0.3 is 16.2 Å². The molecular formula is C10H18N2OS. The van der Waals surface area contributed by atoms with Gasteiger partial charge in [0.25, 0.3) is 0 Å². The SMILES string of the molecule is CCSCNc1ccccc1N.CO. The fraction of sp³-hybridized carbons (Fsp3) is 0.400. The number of nitrogens with two attached hydrogens (primary N) is 1. The van der Waals surface area contributed by atoms with E-state index in [1.165, 1.54) is 0 Å². The van der Waals surface area contributed by atoms with Crippen LogP contribution in [0.4, 0.5) is 11.4 Å². The predicted molar refractivity (Wildman–Crippen MR) is 65.6 cm³/mol. The molecule has 0 heterocycles. The van der Waals surface area contributed by atoms with Crippen LogP contribution >= 0.6 is 11.8 Å². The number of nitrogen functional groups attached to an aromatic ring is 1. The summed E-state index contributed by atoms with van der Waals surface area (Å²) in [6.45, 7) is 2.14. The summed E-state index contributed by atoms with van der Waals surface area (Å²) in [4.78, 5) is 0. The summed E-state index contributed by atoms with van der Waals surface area (Å²) in [6, 6.07) is 7.81. The van der Waals surface area contributed by atoms with Gasteiger partial charge in [0.15, 0.2) is 0 Å². The first kappa shape index (κ1) is 13.1. The zero-order chi connectivity index (χ0) is 10.8. The van der Waals surface area contributed by atoms with Crippen LogP contribution in [0.1, 0.15) is 6.92 Å². The average Bonchev–Trinajstić information content (AvgIpc) is 2.24. The molecule has 0 saturated carbocycles. The minimum Gasteiger partial charge on any atom is -0.400 e. The van der Waals surface area contributed by atoms with Gasteiger partial charge >= 0.3 is 0 Å². The fourth-order valence-electron chi connectivity index (χ4n) is 0.889. The summed E-state index contributed by atoms with van der Waals surface area (Å²) in [6.07, 6.45) is 0. The van der Waals surface area contributed by atoms with E-state index in [1.54, 1.807) is 0 Å². The van der Waals surface area contributed by atoms with E-state index in [9.17, 15) is 0 Å². The van der Waals surface area contributed by atoms with Crippen molar-refractivity contribution in [3.05, 3.63) is 24.3 Å². The van der Waals surface area contributed by atoms with Crippen molar-refractivity contribution in [2.24, 2.45) is 0 Å². The molecule has 0 aliphatic rings. The van der Waals surface area contributed by atoms with Gasteiger partial charge in [0.05, 0.1) is 17.3 Å². The third-order valence-electron chi connectivity index (χ3n) is 1.53. The maximum Gasteiger partial charge on any atom is 0.0611 e. The predicted octanol–water partition coefficient (Wildman–Crippen LogP) is 2.00. The first-order chi connectivity index (χ1) is 6.84. The van der Waals surface area contributed by atoms with E-state index >= 15 is 0 Å². The number of hydrogen-bond acceptors (Lipinski definition) is 4. The third-order valence-corrected chi connectivity index (χ3v) is 2.29. The van der Waals surface area contributed by atoms with Gasteiger partial charge in [-0.3, -0.25) is 0 Å². The fourth-order valence-corrected chi connectivity index (χ4v) is 1.35. The normalized spacial score (nSPS) is 8.79. The Balaban J connectivity index is 0.000000791. The van der Waals surface area contributed by atoms with Crippen LogP contribution in [0, 0.1) is 0 Å². The van der Waals surface area contributed by atoms with E-state index in [2.05, 4.69) is 12.2 Å². The molecule has 0 bridgehead atoms. The smallest absolute Gasteiger partial charge is 0.0611 e. The van der Waals surface area contributed by atoms with Crippen molar-refractivity contribution in [1.29, 1.82) is 0 Å². The van der Waals surface area contributed by atoms with Gasteiger partial charge in [0.1, 0.15) is 0 Å². The molecule has 80 valence electrons. The highest BCUT2D eigenvalue weighted by Gasteiger charge is 1.93. The van der Waals surface area contributed by atoms with Gasteiger partial charge in [0, 0.05) is 7.11 Å². The zero-order valence-corrected chi connectivity index (χ0v) is 9.47. The number of para-hydroxylation sites is 2. The average molecular weight is 214 g/mol. The van der Waals surface area contributed by atoms with E-state index < -0.39 is 0 Å². The van der Waals surface area contributed by atoms with Crippen LogP contribution in [-0.2, 0) is 0 Å². The largest absolute Gasteiger partial charge is 0.400 e. The first-order valence-corrected chi connectivity index (χ1v) is 5.61. The number of nitrogens with one attached hydrogen (secondary N) is 1. The van der Waals surface area contributed by atoms with Crippen molar-refractivity contribution in [2.75, 3.05) is 29.8 Å². The molecule has 0 unspecified atom stereocenters. The Morgan fingerprint density at radius 3 is 2.57 bits per heavy atom. The zero-order valence-electron chi connectivity index (χ0n) is 8.66. The van der Waals surface area contributed by atoms with Crippen molar-refractivity contribution >= 4 is 23.1 Å². The molecule has 0 radical (unpaired) electrons. The minimum atomic E-state index is 0.814. The van der Waals surface area contributed by atoms with Gasteiger partial charge in [-0.05, 0) is 17.9 Å². The molecule has 0 aliphatic carbocycles. The van der Waals surface area contributed by atoms with Gasteiger partial charge in [0.2, 0.25) is 0 Å². The van der Waals surface area contributed by atoms with E-state index in [4.69, 9.17) is 10.8 Å². The van der Waals surface area contributed by atoms with Crippen LogP contribution in [0.5, 0.6) is 0 Å². The number of hydrogen-bond donors (Lipinski definition) is 3. The Labute approximate surface area is 89.7 Å². The van der Waals surface area contributed by atoms with Crippen LogP contribution in [-0.4, -0.2) is 23.8 Å². The summed E-state index contributed by atoms with van der Waals surface area (Å²) in [5.74, 6) is 2.05. The molecule has 4 N–H and O–H groups in total. The highest BCUT2D eigenvalue weighted by molar-refractivity contribution is 7.99. The lowest BCUT2D eigenvalue weighted by atomic mass is 10.3. The molecule has 1 rings (SSSR count). The van der Waals surface area contributed by atoms with E-state index in [-0.39, 0.29) is 0 Å². The summed E-state index contributed by atoms with van der Waals surface area (Å²) in [5.41, 5.74) is 7.57. The molecule has 0 aliphatic heterocycles. The number of rotatable bonds is 4. The van der Waals surface area contributed by atoms with E-state index in [1.807, 2.05) is 36.0 Å². The lowest BCUT2D eigenvalue weighted by Crippen LogP contribution is -2.00. The van der Waals surface area contributed by atoms with Gasteiger partial charge in [-0.2, -0.15) is 0 Å². The summed E-state index contributed by atoms with van der Waals surface area (Å²) >= 11 is 1.84.